The van der Waals surface area contributed by atoms with Crippen LogP contribution in [0, 0.1) is 13.8 Å². The Labute approximate surface area is 160 Å². The van der Waals surface area contributed by atoms with Gasteiger partial charge in [0.25, 0.3) is 5.56 Å². The lowest BCUT2D eigenvalue weighted by atomic mass is 9.93. The van der Waals surface area contributed by atoms with Crippen molar-refractivity contribution in [3.8, 4) is 16.9 Å². The molecule has 0 unspecified atom stereocenters. The Morgan fingerprint density at radius 1 is 1.26 bits per heavy atom. The van der Waals surface area contributed by atoms with E-state index in [4.69, 9.17) is 5.73 Å². The summed E-state index contributed by atoms with van der Waals surface area (Å²) in [6, 6.07) is 7.64. The van der Waals surface area contributed by atoms with Gasteiger partial charge in [0.05, 0.1) is 11.2 Å². The van der Waals surface area contributed by atoms with Crippen molar-refractivity contribution in [3.63, 3.8) is 0 Å². The summed E-state index contributed by atoms with van der Waals surface area (Å²) in [6.07, 6.45) is 0. The van der Waals surface area contributed by atoms with Gasteiger partial charge in [-0.1, -0.05) is 19.1 Å². The van der Waals surface area contributed by atoms with Crippen LogP contribution in [0.3, 0.4) is 0 Å². The van der Waals surface area contributed by atoms with Crippen molar-refractivity contribution in [1.29, 1.82) is 0 Å². The van der Waals surface area contributed by atoms with Crippen LogP contribution in [0.2, 0.25) is 0 Å². The molecule has 0 radical (unpaired) electrons. The van der Waals surface area contributed by atoms with Crippen molar-refractivity contribution >= 4 is 32.3 Å². The predicted molar refractivity (Wildman–Crippen MR) is 112 cm³/mol. The molecule has 0 aliphatic carbocycles. The minimum Gasteiger partial charge on any atom is -0.507 e. The lowest BCUT2D eigenvalue weighted by Crippen LogP contribution is -2.09. The maximum absolute atomic E-state index is 12.4. The van der Waals surface area contributed by atoms with E-state index in [1.165, 1.54) is 11.3 Å². The van der Waals surface area contributed by atoms with Gasteiger partial charge in [0.15, 0.2) is 0 Å². The number of thiophene rings is 1. The lowest BCUT2D eigenvalue weighted by molar-refractivity contribution is 0.476. The second-order valence-electron chi connectivity index (χ2n) is 6.94. The third-order valence-electron chi connectivity index (χ3n) is 5.15. The number of aryl methyl sites for hydroxylation is 2. The van der Waals surface area contributed by atoms with E-state index in [0.29, 0.717) is 22.3 Å². The third kappa shape index (κ3) is 2.72. The summed E-state index contributed by atoms with van der Waals surface area (Å²) < 4.78 is 0.682. The average molecular weight is 379 g/mol. The Balaban J connectivity index is 2.11. The minimum absolute atomic E-state index is 0.108. The first-order valence-corrected chi connectivity index (χ1v) is 9.74. The van der Waals surface area contributed by atoms with Gasteiger partial charge < -0.3 is 15.8 Å². The standard InChI is InChI=1S/C21H21N3O2S/c1-10(9-22)13-4-5-14(16(25)8-13)17-11(2)23-12(3)19-18(17)15-6-7-27-20(15)21(26)24-19/h4-8,10,25H,9,22H2,1-3H3,(H,24,26)/t10-/m0/s1. The average Bonchev–Trinajstić information content (AvgIpc) is 3.13. The van der Waals surface area contributed by atoms with Crippen LogP contribution in [0.5, 0.6) is 5.75 Å². The number of aromatic hydroxyl groups is 1. The number of phenols is 1. The van der Waals surface area contributed by atoms with E-state index in [-0.39, 0.29) is 17.2 Å². The van der Waals surface area contributed by atoms with Gasteiger partial charge in [0.2, 0.25) is 0 Å². The third-order valence-corrected chi connectivity index (χ3v) is 6.07. The fraction of sp³-hybridized carbons (Fsp3) is 0.238. The highest BCUT2D eigenvalue weighted by Crippen LogP contribution is 2.40. The zero-order valence-corrected chi connectivity index (χ0v) is 16.3. The highest BCUT2D eigenvalue weighted by Gasteiger charge is 2.19. The molecule has 27 heavy (non-hydrogen) atoms. The topological polar surface area (TPSA) is 92.0 Å². The molecule has 0 saturated carbocycles. The smallest absolute Gasteiger partial charge is 0.266 e. The Bertz CT molecular complexity index is 1240. The lowest BCUT2D eigenvalue weighted by Gasteiger charge is -2.16. The highest BCUT2D eigenvalue weighted by atomic mass is 32.1. The van der Waals surface area contributed by atoms with Crippen LogP contribution in [-0.4, -0.2) is 21.6 Å². The van der Waals surface area contributed by atoms with E-state index in [1.54, 1.807) is 6.07 Å². The van der Waals surface area contributed by atoms with Crippen molar-refractivity contribution in [2.24, 2.45) is 5.73 Å². The van der Waals surface area contributed by atoms with E-state index >= 15 is 0 Å². The molecule has 3 heterocycles. The van der Waals surface area contributed by atoms with Crippen LogP contribution >= 0.6 is 11.3 Å². The quantitative estimate of drug-likeness (QED) is 0.498. The number of benzene rings is 1. The highest BCUT2D eigenvalue weighted by molar-refractivity contribution is 7.17. The van der Waals surface area contributed by atoms with E-state index in [0.717, 1.165) is 33.3 Å². The van der Waals surface area contributed by atoms with Crippen molar-refractivity contribution in [1.82, 2.24) is 9.97 Å². The molecule has 0 aliphatic rings. The summed E-state index contributed by atoms with van der Waals surface area (Å²) in [5, 5.41) is 14.5. The molecular weight excluding hydrogens is 358 g/mol. The molecule has 0 saturated heterocycles. The molecule has 1 atom stereocenters. The number of fused-ring (bicyclic) bond motifs is 3. The van der Waals surface area contributed by atoms with Crippen LogP contribution in [0.4, 0.5) is 0 Å². The molecular formula is C21H21N3O2S. The summed E-state index contributed by atoms with van der Waals surface area (Å²) in [6.45, 7) is 6.37. The maximum Gasteiger partial charge on any atom is 0.266 e. The molecule has 4 aromatic rings. The summed E-state index contributed by atoms with van der Waals surface area (Å²) in [4.78, 5) is 20.0. The summed E-state index contributed by atoms with van der Waals surface area (Å²) in [5.41, 5.74) is 10.5. The maximum atomic E-state index is 12.4. The molecule has 0 amide bonds. The molecule has 5 nitrogen and oxygen atoms in total. The number of hydrogen-bond donors (Lipinski definition) is 3. The van der Waals surface area contributed by atoms with Crippen LogP contribution in [0.15, 0.2) is 34.4 Å². The van der Waals surface area contributed by atoms with Gasteiger partial charge >= 0.3 is 0 Å². The number of hydrogen-bond acceptors (Lipinski definition) is 5. The van der Waals surface area contributed by atoms with Gasteiger partial charge in [-0.05, 0) is 49.4 Å². The van der Waals surface area contributed by atoms with Crippen LogP contribution in [0.1, 0.15) is 29.8 Å². The fourth-order valence-corrected chi connectivity index (χ4v) is 4.45. The van der Waals surface area contributed by atoms with Gasteiger partial charge in [-0.15, -0.1) is 11.3 Å². The van der Waals surface area contributed by atoms with Crippen molar-refractivity contribution < 1.29 is 5.11 Å². The molecule has 4 rings (SSSR count). The van der Waals surface area contributed by atoms with Gasteiger partial charge in [-0.25, -0.2) is 0 Å². The van der Waals surface area contributed by atoms with Crippen molar-refractivity contribution in [3.05, 3.63) is 57.0 Å². The number of aromatic nitrogens is 2. The first-order valence-electron chi connectivity index (χ1n) is 8.86. The number of H-pyrrole nitrogens is 1. The number of aromatic amines is 1. The zero-order valence-electron chi connectivity index (χ0n) is 15.5. The molecule has 138 valence electrons. The van der Waals surface area contributed by atoms with Crippen molar-refractivity contribution in [2.45, 2.75) is 26.7 Å². The molecule has 3 aromatic heterocycles. The Morgan fingerprint density at radius 3 is 2.74 bits per heavy atom. The fourth-order valence-electron chi connectivity index (χ4n) is 3.66. The van der Waals surface area contributed by atoms with Gasteiger partial charge in [0, 0.05) is 27.6 Å². The number of pyridine rings is 2. The second-order valence-corrected chi connectivity index (χ2v) is 7.85. The number of rotatable bonds is 3. The molecule has 0 spiro atoms. The summed E-state index contributed by atoms with van der Waals surface area (Å²) >= 11 is 1.42. The monoisotopic (exact) mass is 379 g/mol. The molecule has 1 aromatic carbocycles. The van der Waals surface area contributed by atoms with Gasteiger partial charge in [-0.2, -0.15) is 0 Å². The molecule has 0 fully saturated rings. The summed E-state index contributed by atoms with van der Waals surface area (Å²) in [5.74, 6) is 0.358. The minimum atomic E-state index is -0.108. The van der Waals surface area contributed by atoms with Crippen LogP contribution in [-0.2, 0) is 0 Å². The first kappa shape index (κ1) is 17.7. The molecule has 0 bridgehead atoms. The number of nitrogens with two attached hydrogens (primary N) is 1. The number of nitrogens with one attached hydrogen (secondary N) is 1. The van der Waals surface area contributed by atoms with E-state index in [1.807, 2.05) is 44.4 Å². The normalized spacial score (nSPS) is 12.7. The SMILES string of the molecule is Cc1nc(C)c2[nH]c(=O)c3sccc3c2c1-c1ccc([C@@H](C)CN)cc1O. The van der Waals surface area contributed by atoms with Crippen molar-refractivity contribution in [2.75, 3.05) is 6.54 Å². The van der Waals surface area contributed by atoms with E-state index < -0.39 is 0 Å². The molecule has 6 heteroatoms. The van der Waals surface area contributed by atoms with Crippen LogP contribution < -0.4 is 11.3 Å². The number of phenolic OH excluding ortho intramolecular Hbond substituents is 1. The molecule has 0 aliphatic heterocycles. The first-order chi connectivity index (χ1) is 12.9. The van der Waals surface area contributed by atoms with E-state index in [2.05, 4.69) is 9.97 Å². The largest absolute Gasteiger partial charge is 0.507 e. The Kier molecular flexibility index (Phi) is 4.25. The predicted octanol–water partition coefficient (Wildman–Crippen LogP) is 4.19. The van der Waals surface area contributed by atoms with Gasteiger partial charge in [0.1, 0.15) is 10.4 Å². The van der Waals surface area contributed by atoms with Crippen LogP contribution in [0.25, 0.3) is 32.1 Å². The number of nitrogens with zero attached hydrogens (tertiary/aromatic N) is 1. The Morgan fingerprint density at radius 2 is 2.04 bits per heavy atom. The van der Waals surface area contributed by atoms with Gasteiger partial charge in [-0.3, -0.25) is 9.78 Å². The Hall–Kier alpha value is -2.70. The summed E-state index contributed by atoms with van der Waals surface area (Å²) in [7, 11) is 0. The second kappa shape index (κ2) is 6.48. The van der Waals surface area contributed by atoms with E-state index in [9.17, 15) is 9.90 Å². The zero-order chi connectivity index (χ0) is 19.3. The molecule has 4 N–H and O–H groups in total.